The molecule has 4 N–H and O–H groups in total. The zero-order valence-corrected chi connectivity index (χ0v) is 11.2. The topological polar surface area (TPSA) is 65.2 Å². The molecule has 1 heterocycles. The summed E-state index contributed by atoms with van der Waals surface area (Å²) in [5.74, 6) is 1.03. The Kier molecular flexibility index (Phi) is 3.73. The van der Waals surface area contributed by atoms with Gasteiger partial charge in [-0.3, -0.25) is 0 Å². The van der Waals surface area contributed by atoms with Gasteiger partial charge in [0.25, 0.3) is 0 Å². The van der Waals surface area contributed by atoms with Crippen molar-refractivity contribution in [2.75, 3.05) is 6.54 Å². The predicted octanol–water partition coefficient (Wildman–Crippen LogP) is 2.91. The summed E-state index contributed by atoms with van der Waals surface area (Å²) in [5.41, 5.74) is 13.3. The van der Waals surface area contributed by atoms with Crippen molar-refractivity contribution in [1.82, 2.24) is 0 Å². The van der Waals surface area contributed by atoms with E-state index in [0.717, 1.165) is 48.1 Å². The smallest absolute Gasteiger partial charge is 0.134 e. The maximum atomic E-state index is 6.10. The lowest BCUT2D eigenvalue weighted by Crippen LogP contribution is -2.28. The van der Waals surface area contributed by atoms with Crippen LogP contribution >= 0.6 is 0 Å². The normalized spacial score (nSPS) is 12.2. The summed E-state index contributed by atoms with van der Waals surface area (Å²) < 4.78 is 5.85. The molecule has 0 aliphatic heterocycles. The van der Waals surface area contributed by atoms with Gasteiger partial charge in [0.1, 0.15) is 11.3 Å². The molecule has 18 heavy (non-hydrogen) atoms. The minimum atomic E-state index is -0.333. The second-order valence-electron chi connectivity index (χ2n) is 5.43. The van der Waals surface area contributed by atoms with Crippen molar-refractivity contribution in [3.8, 4) is 0 Å². The molecule has 2 rings (SSSR count). The van der Waals surface area contributed by atoms with E-state index in [2.05, 4.69) is 18.2 Å². The lowest BCUT2D eigenvalue weighted by molar-refractivity contribution is 0.527. The number of rotatable bonds is 5. The molecular weight excluding hydrogens is 224 g/mol. The van der Waals surface area contributed by atoms with Crippen molar-refractivity contribution in [3.05, 3.63) is 35.6 Å². The van der Waals surface area contributed by atoms with E-state index < -0.39 is 0 Å². The maximum Gasteiger partial charge on any atom is 0.134 e. The van der Waals surface area contributed by atoms with Gasteiger partial charge < -0.3 is 15.9 Å². The summed E-state index contributed by atoms with van der Waals surface area (Å²) in [4.78, 5) is 0. The van der Waals surface area contributed by atoms with Crippen LogP contribution in [0.2, 0.25) is 0 Å². The van der Waals surface area contributed by atoms with E-state index in [4.69, 9.17) is 15.9 Å². The van der Waals surface area contributed by atoms with Crippen molar-refractivity contribution >= 4 is 11.0 Å². The molecule has 0 unspecified atom stereocenters. The summed E-state index contributed by atoms with van der Waals surface area (Å²) in [7, 11) is 0. The highest BCUT2D eigenvalue weighted by molar-refractivity contribution is 5.78. The second-order valence-corrected chi connectivity index (χ2v) is 5.43. The molecule has 0 spiro atoms. The Morgan fingerprint density at radius 2 is 1.94 bits per heavy atom. The number of nitrogens with two attached hydrogens (primary N) is 2. The van der Waals surface area contributed by atoms with Crippen LogP contribution in [0.3, 0.4) is 0 Å². The zero-order valence-electron chi connectivity index (χ0n) is 11.2. The molecule has 0 saturated heterocycles. The highest BCUT2D eigenvalue weighted by Crippen LogP contribution is 2.25. The second kappa shape index (κ2) is 5.12. The third kappa shape index (κ3) is 2.92. The Labute approximate surface area is 108 Å². The molecule has 0 fully saturated rings. The van der Waals surface area contributed by atoms with Crippen LogP contribution in [0.25, 0.3) is 11.0 Å². The highest BCUT2D eigenvalue weighted by Gasteiger charge is 2.15. The Morgan fingerprint density at radius 3 is 2.61 bits per heavy atom. The molecule has 0 atom stereocenters. The van der Waals surface area contributed by atoms with Crippen LogP contribution in [0.15, 0.2) is 28.7 Å². The van der Waals surface area contributed by atoms with Gasteiger partial charge in [-0.05, 0) is 50.9 Å². The molecule has 0 radical (unpaired) electrons. The Bertz CT molecular complexity index is 523. The highest BCUT2D eigenvalue weighted by atomic mass is 16.3. The first-order valence-electron chi connectivity index (χ1n) is 6.52. The van der Waals surface area contributed by atoms with E-state index in [-0.39, 0.29) is 5.54 Å². The Hall–Kier alpha value is -1.32. The Morgan fingerprint density at radius 1 is 1.17 bits per heavy atom. The van der Waals surface area contributed by atoms with Crippen molar-refractivity contribution < 1.29 is 4.42 Å². The van der Waals surface area contributed by atoms with Crippen LogP contribution in [0.4, 0.5) is 0 Å². The van der Waals surface area contributed by atoms with E-state index in [1.807, 2.05) is 19.9 Å². The molecule has 3 heteroatoms. The van der Waals surface area contributed by atoms with E-state index in [0.29, 0.717) is 0 Å². The largest absolute Gasteiger partial charge is 0.461 e. The Balaban J connectivity index is 2.23. The summed E-state index contributed by atoms with van der Waals surface area (Å²) in [5, 5.41) is 1.14. The molecule has 2 aromatic rings. The third-order valence-corrected chi connectivity index (χ3v) is 3.19. The van der Waals surface area contributed by atoms with Crippen LogP contribution in [-0.4, -0.2) is 6.54 Å². The first-order valence-corrected chi connectivity index (χ1v) is 6.52. The van der Waals surface area contributed by atoms with Crippen LogP contribution in [0.1, 0.15) is 38.0 Å². The number of aryl methyl sites for hydroxylation is 1. The summed E-state index contributed by atoms with van der Waals surface area (Å²) in [6.07, 6.45) is 3.07. The molecule has 3 nitrogen and oxygen atoms in total. The number of hydrogen-bond donors (Lipinski definition) is 2. The fourth-order valence-corrected chi connectivity index (χ4v) is 2.05. The molecule has 1 aromatic carbocycles. The monoisotopic (exact) mass is 246 g/mol. The quantitative estimate of drug-likeness (QED) is 0.797. The van der Waals surface area contributed by atoms with Crippen molar-refractivity contribution in [1.29, 1.82) is 0 Å². The zero-order chi connectivity index (χ0) is 13.2. The molecular formula is C15H22N2O. The number of benzene rings is 1. The van der Waals surface area contributed by atoms with Gasteiger partial charge in [-0.2, -0.15) is 0 Å². The fraction of sp³-hybridized carbons (Fsp3) is 0.467. The molecule has 0 aliphatic carbocycles. The van der Waals surface area contributed by atoms with Crippen LogP contribution in [-0.2, 0) is 12.0 Å². The van der Waals surface area contributed by atoms with Crippen LogP contribution in [0, 0.1) is 0 Å². The van der Waals surface area contributed by atoms with E-state index in [1.165, 1.54) is 0 Å². The van der Waals surface area contributed by atoms with Gasteiger partial charge in [-0.25, -0.2) is 0 Å². The number of fused-ring (bicyclic) bond motifs is 1. The van der Waals surface area contributed by atoms with E-state index >= 15 is 0 Å². The molecule has 98 valence electrons. The lowest BCUT2D eigenvalue weighted by atomic mass is 9.95. The van der Waals surface area contributed by atoms with Gasteiger partial charge in [0, 0.05) is 17.3 Å². The van der Waals surface area contributed by atoms with Crippen molar-refractivity contribution in [2.24, 2.45) is 11.5 Å². The third-order valence-electron chi connectivity index (χ3n) is 3.19. The predicted molar refractivity (Wildman–Crippen MR) is 75.4 cm³/mol. The number of hydrogen-bond acceptors (Lipinski definition) is 3. The molecule has 0 bridgehead atoms. The minimum Gasteiger partial charge on any atom is -0.461 e. The molecule has 0 saturated carbocycles. The molecule has 0 amide bonds. The molecule has 0 aliphatic rings. The minimum absolute atomic E-state index is 0.333. The summed E-state index contributed by atoms with van der Waals surface area (Å²) in [6, 6.07) is 8.30. The average molecular weight is 246 g/mol. The number of unbranched alkanes of at least 4 members (excludes halogenated alkanes) is 1. The van der Waals surface area contributed by atoms with Gasteiger partial charge in [0.05, 0.1) is 0 Å². The SMILES string of the molecule is CC(C)(N)c1ccc2cc(CCCCN)oc2c1. The van der Waals surface area contributed by atoms with Crippen molar-refractivity contribution in [3.63, 3.8) is 0 Å². The van der Waals surface area contributed by atoms with Gasteiger partial charge in [0.2, 0.25) is 0 Å². The van der Waals surface area contributed by atoms with Crippen LogP contribution in [0.5, 0.6) is 0 Å². The first-order chi connectivity index (χ1) is 8.50. The maximum absolute atomic E-state index is 6.10. The first kappa shape index (κ1) is 13.1. The summed E-state index contributed by atoms with van der Waals surface area (Å²) in [6.45, 7) is 4.74. The van der Waals surface area contributed by atoms with Gasteiger partial charge >= 0.3 is 0 Å². The van der Waals surface area contributed by atoms with Crippen LogP contribution < -0.4 is 11.5 Å². The van der Waals surface area contributed by atoms with E-state index in [9.17, 15) is 0 Å². The van der Waals surface area contributed by atoms with Gasteiger partial charge in [-0.1, -0.05) is 12.1 Å². The molecule has 1 aromatic heterocycles. The van der Waals surface area contributed by atoms with Gasteiger partial charge in [0.15, 0.2) is 0 Å². The number of furan rings is 1. The average Bonchev–Trinajstić information content (AvgIpc) is 2.69. The van der Waals surface area contributed by atoms with E-state index in [1.54, 1.807) is 0 Å². The summed E-state index contributed by atoms with van der Waals surface area (Å²) >= 11 is 0. The fourth-order valence-electron chi connectivity index (χ4n) is 2.05. The van der Waals surface area contributed by atoms with Crippen molar-refractivity contribution in [2.45, 2.75) is 38.6 Å². The van der Waals surface area contributed by atoms with Gasteiger partial charge in [-0.15, -0.1) is 0 Å². The lowest BCUT2D eigenvalue weighted by Gasteiger charge is -2.18. The standard InChI is InChI=1S/C15H22N2O/c1-15(2,17)12-7-6-11-9-13(5-3-4-8-16)18-14(11)10-12/h6-7,9-10H,3-5,8,16-17H2,1-2H3.